The minimum Gasteiger partial charge on any atom is -0.366 e. The molecule has 2 aromatic rings. The van der Waals surface area contributed by atoms with E-state index in [4.69, 9.17) is 4.74 Å². The van der Waals surface area contributed by atoms with E-state index in [1.807, 2.05) is 12.4 Å². The molecule has 0 N–H and O–H groups in total. The van der Waals surface area contributed by atoms with Crippen molar-refractivity contribution in [1.82, 2.24) is 4.98 Å². The Bertz CT molecular complexity index is 819. The van der Waals surface area contributed by atoms with E-state index >= 15 is 0 Å². The molecule has 0 fully saturated rings. The summed E-state index contributed by atoms with van der Waals surface area (Å²) in [6, 6.07) is 8.79. The zero-order chi connectivity index (χ0) is 22.0. The molecule has 2 rings (SSSR count). The minimum absolute atomic E-state index is 0.0811. The Balaban J connectivity index is 2.36. The van der Waals surface area contributed by atoms with Crippen LogP contribution < -0.4 is 0 Å². The first-order chi connectivity index (χ1) is 13.2. The monoisotopic (exact) mass is 395 g/mol. The molecular formula is C27H41NO. The average Bonchev–Trinajstić information content (AvgIpc) is 2.57. The summed E-state index contributed by atoms with van der Waals surface area (Å²) in [7, 11) is 0. The first-order valence-electron chi connectivity index (χ1n) is 10.9. The second-order valence-electron chi connectivity index (χ2n) is 11.4. The molecule has 0 aliphatic carbocycles. The fraction of sp³-hybridized carbons (Fsp3) is 0.593. The molecule has 0 saturated carbocycles. The Labute approximate surface area is 179 Å². The van der Waals surface area contributed by atoms with Gasteiger partial charge in [-0.15, -0.1) is 0 Å². The normalized spacial score (nSPS) is 13.2. The summed E-state index contributed by atoms with van der Waals surface area (Å²) < 4.78 is 6.60. The lowest BCUT2D eigenvalue weighted by atomic mass is 9.78. The molecule has 0 bridgehead atoms. The lowest BCUT2D eigenvalue weighted by Crippen LogP contribution is -2.26. The number of pyridine rings is 1. The van der Waals surface area contributed by atoms with Crippen molar-refractivity contribution >= 4 is 0 Å². The smallest absolute Gasteiger partial charge is 0.0883 e. The lowest BCUT2D eigenvalue weighted by Gasteiger charge is -2.32. The number of hydrogen-bond donors (Lipinski definition) is 0. The topological polar surface area (TPSA) is 22.1 Å². The third-order valence-corrected chi connectivity index (χ3v) is 5.42. The molecule has 0 aliphatic rings. The van der Waals surface area contributed by atoms with Crippen LogP contribution in [0.25, 0.3) is 0 Å². The summed E-state index contributed by atoms with van der Waals surface area (Å²) in [5, 5.41) is 0. The van der Waals surface area contributed by atoms with Gasteiger partial charge < -0.3 is 4.74 Å². The van der Waals surface area contributed by atoms with E-state index in [0.29, 0.717) is 12.5 Å². The van der Waals surface area contributed by atoms with Crippen LogP contribution in [0.3, 0.4) is 0 Å². The van der Waals surface area contributed by atoms with Crippen LogP contribution in [0.5, 0.6) is 0 Å². The fourth-order valence-corrected chi connectivity index (χ4v) is 4.20. The largest absolute Gasteiger partial charge is 0.366 e. The van der Waals surface area contributed by atoms with Gasteiger partial charge in [0.05, 0.1) is 12.2 Å². The van der Waals surface area contributed by atoms with Crippen molar-refractivity contribution in [2.75, 3.05) is 0 Å². The van der Waals surface area contributed by atoms with Crippen molar-refractivity contribution < 1.29 is 4.74 Å². The van der Waals surface area contributed by atoms with E-state index in [0.717, 1.165) is 6.42 Å². The number of aromatic nitrogens is 1. The molecule has 0 amide bonds. The molecule has 0 radical (unpaired) electrons. The van der Waals surface area contributed by atoms with Crippen LogP contribution in [0.4, 0.5) is 0 Å². The van der Waals surface area contributed by atoms with Crippen molar-refractivity contribution in [3.8, 4) is 0 Å². The molecule has 1 heterocycles. The van der Waals surface area contributed by atoms with Gasteiger partial charge in [-0.05, 0) is 70.9 Å². The lowest BCUT2D eigenvalue weighted by molar-refractivity contribution is -0.0350. The first-order valence-corrected chi connectivity index (χ1v) is 10.9. The summed E-state index contributed by atoms with van der Waals surface area (Å²) in [5.74, 6) is 0.496. The summed E-state index contributed by atoms with van der Waals surface area (Å²) in [4.78, 5) is 4.38. The fourth-order valence-electron chi connectivity index (χ4n) is 4.20. The molecule has 29 heavy (non-hydrogen) atoms. The number of nitrogens with zero attached hydrogens (tertiary/aromatic N) is 1. The highest BCUT2D eigenvalue weighted by Crippen LogP contribution is 2.36. The summed E-state index contributed by atoms with van der Waals surface area (Å²) >= 11 is 0. The van der Waals surface area contributed by atoms with Crippen molar-refractivity contribution in [2.24, 2.45) is 5.41 Å². The molecule has 0 atom stereocenters. The maximum Gasteiger partial charge on any atom is 0.0883 e. The number of rotatable bonds is 6. The molecule has 2 heteroatoms. The van der Waals surface area contributed by atoms with Gasteiger partial charge in [-0.25, -0.2) is 0 Å². The van der Waals surface area contributed by atoms with Gasteiger partial charge in [-0.3, -0.25) is 4.98 Å². The highest BCUT2D eigenvalue weighted by molar-refractivity contribution is 5.41. The Kier molecular flexibility index (Phi) is 7.00. The van der Waals surface area contributed by atoms with Gasteiger partial charge in [0.25, 0.3) is 0 Å². The highest BCUT2D eigenvalue weighted by atomic mass is 16.5. The van der Waals surface area contributed by atoms with Crippen LogP contribution in [-0.2, 0) is 28.8 Å². The van der Waals surface area contributed by atoms with Gasteiger partial charge >= 0.3 is 0 Å². The van der Waals surface area contributed by atoms with Crippen molar-refractivity contribution in [1.29, 1.82) is 0 Å². The predicted molar refractivity (Wildman–Crippen MR) is 124 cm³/mol. The maximum absolute atomic E-state index is 6.60. The highest BCUT2D eigenvalue weighted by Gasteiger charge is 2.28. The minimum atomic E-state index is -0.382. The Morgan fingerprint density at radius 2 is 1.55 bits per heavy atom. The molecule has 1 aromatic carbocycles. The van der Waals surface area contributed by atoms with Crippen molar-refractivity contribution in [3.05, 3.63) is 64.5 Å². The average molecular weight is 396 g/mol. The van der Waals surface area contributed by atoms with Crippen LogP contribution in [0.1, 0.15) is 103 Å². The predicted octanol–water partition coefficient (Wildman–Crippen LogP) is 7.54. The maximum atomic E-state index is 6.60. The van der Waals surface area contributed by atoms with Gasteiger partial charge in [0.1, 0.15) is 0 Å². The van der Waals surface area contributed by atoms with Crippen molar-refractivity contribution in [3.63, 3.8) is 0 Å². The Morgan fingerprint density at radius 3 is 2.10 bits per heavy atom. The summed E-state index contributed by atoms with van der Waals surface area (Å²) in [6.07, 6.45) is 4.87. The van der Waals surface area contributed by atoms with Crippen molar-refractivity contribution in [2.45, 2.75) is 99.2 Å². The van der Waals surface area contributed by atoms with E-state index in [1.165, 1.54) is 27.8 Å². The zero-order valence-electron chi connectivity index (χ0n) is 20.3. The number of ether oxygens (including phenoxy) is 1. The summed E-state index contributed by atoms with van der Waals surface area (Å²) in [6.45, 7) is 23.2. The second-order valence-corrected chi connectivity index (χ2v) is 11.4. The van der Waals surface area contributed by atoms with Crippen LogP contribution in [0.15, 0.2) is 36.7 Å². The SMILES string of the molecule is CC(C)c1cccc(COC(C)(C)c2ccncc2CC(C)(C)C)c1C(C)(C)C. The molecule has 160 valence electrons. The quantitative estimate of drug-likeness (QED) is 0.504. The van der Waals surface area contributed by atoms with Gasteiger partial charge in [-0.1, -0.05) is 73.6 Å². The van der Waals surface area contributed by atoms with Crippen LogP contribution in [0, 0.1) is 5.41 Å². The molecule has 0 aliphatic heterocycles. The zero-order valence-corrected chi connectivity index (χ0v) is 20.3. The molecule has 1 aromatic heterocycles. The van der Waals surface area contributed by atoms with Crippen LogP contribution in [-0.4, -0.2) is 4.98 Å². The van der Waals surface area contributed by atoms with Gasteiger partial charge in [0.2, 0.25) is 0 Å². The summed E-state index contributed by atoms with van der Waals surface area (Å²) in [5.41, 5.74) is 6.56. The standard InChI is InChI=1S/C27H41NO/c1-19(2)22-13-11-12-20(24(22)26(6,7)8)18-29-27(9,10)23-14-15-28-17-21(23)16-25(3,4)5/h11-15,17,19H,16,18H2,1-10H3. The molecule has 0 unspecified atom stereocenters. The number of benzene rings is 1. The van der Waals surface area contributed by atoms with Crippen LogP contribution >= 0.6 is 0 Å². The van der Waals surface area contributed by atoms with E-state index < -0.39 is 0 Å². The Morgan fingerprint density at radius 1 is 0.897 bits per heavy atom. The Hall–Kier alpha value is -1.67. The van der Waals surface area contributed by atoms with Gasteiger partial charge in [-0.2, -0.15) is 0 Å². The van der Waals surface area contributed by atoms with Gasteiger partial charge in [0.15, 0.2) is 0 Å². The van der Waals surface area contributed by atoms with E-state index in [9.17, 15) is 0 Å². The third-order valence-electron chi connectivity index (χ3n) is 5.42. The molecule has 0 spiro atoms. The van der Waals surface area contributed by atoms with Crippen LogP contribution in [0.2, 0.25) is 0 Å². The molecule has 2 nitrogen and oxygen atoms in total. The first kappa shape index (κ1) is 23.6. The molecular weight excluding hydrogens is 354 g/mol. The second kappa shape index (κ2) is 8.60. The third kappa shape index (κ3) is 6.15. The number of hydrogen-bond acceptors (Lipinski definition) is 2. The van der Waals surface area contributed by atoms with E-state index in [2.05, 4.69) is 98.5 Å². The van der Waals surface area contributed by atoms with E-state index in [1.54, 1.807) is 0 Å². The van der Waals surface area contributed by atoms with Gasteiger partial charge in [0, 0.05) is 12.4 Å². The molecule has 0 saturated heterocycles. The van der Waals surface area contributed by atoms with E-state index in [-0.39, 0.29) is 16.4 Å².